The third-order valence-corrected chi connectivity index (χ3v) is 3.27. The second kappa shape index (κ2) is 4.64. The quantitative estimate of drug-likeness (QED) is 0.805. The maximum Gasteiger partial charge on any atom is 0.0716 e. The molecule has 0 amide bonds. The van der Waals surface area contributed by atoms with Gasteiger partial charge in [-0.3, -0.25) is 4.98 Å². The lowest BCUT2D eigenvalue weighted by Gasteiger charge is -2.06. The van der Waals surface area contributed by atoms with Gasteiger partial charge < -0.3 is 5.73 Å². The Kier molecular flexibility index (Phi) is 3.23. The van der Waals surface area contributed by atoms with E-state index in [9.17, 15) is 0 Å². The van der Waals surface area contributed by atoms with Crippen LogP contribution in [0.4, 0.5) is 0 Å². The summed E-state index contributed by atoms with van der Waals surface area (Å²) in [6.07, 6.45) is 0. The Morgan fingerprint density at radius 2 is 2.13 bits per heavy atom. The standard InChI is InChI=1S/C12H14N2S/c1-9-8-12(15-7-6-13)10-4-2-3-5-11(10)14-9/h2-5,8H,6-7,13H2,1H3. The molecule has 0 aliphatic carbocycles. The lowest BCUT2D eigenvalue weighted by Crippen LogP contribution is -2.01. The smallest absolute Gasteiger partial charge is 0.0716 e. The summed E-state index contributed by atoms with van der Waals surface area (Å²) in [6.45, 7) is 2.74. The average Bonchev–Trinajstić information content (AvgIpc) is 2.25. The van der Waals surface area contributed by atoms with Gasteiger partial charge in [-0.1, -0.05) is 18.2 Å². The van der Waals surface area contributed by atoms with Crippen LogP contribution in [0.5, 0.6) is 0 Å². The van der Waals surface area contributed by atoms with Crippen LogP contribution in [-0.4, -0.2) is 17.3 Å². The molecular formula is C12H14N2S. The van der Waals surface area contributed by atoms with Crippen LogP contribution in [0.25, 0.3) is 10.9 Å². The van der Waals surface area contributed by atoms with Crippen molar-refractivity contribution in [2.75, 3.05) is 12.3 Å². The molecule has 1 aromatic heterocycles. The molecular weight excluding hydrogens is 204 g/mol. The van der Waals surface area contributed by atoms with Crippen molar-refractivity contribution in [3.8, 4) is 0 Å². The first-order chi connectivity index (χ1) is 7.31. The number of fused-ring (bicyclic) bond motifs is 1. The minimum absolute atomic E-state index is 0.709. The highest BCUT2D eigenvalue weighted by atomic mass is 32.2. The molecule has 2 nitrogen and oxygen atoms in total. The van der Waals surface area contributed by atoms with Crippen LogP contribution < -0.4 is 5.73 Å². The fraction of sp³-hybridized carbons (Fsp3) is 0.250. The predicted molar refractivity (Wildman–Crippen MR) is 66.3 cm³/mol. The summed E-state index contributed by atoms with van der Waals surface area (Å²) in [6, 6.07) is 10.4. The Bertz CT molecular complexity index is 468. The third kappa shape index (κ3) is 2.30. The molecule has 0 saturated heterocycles. The molecule has 0 aliphatic heterocycles. The highest BCUT2D eigenvalue weighted by Crippen LogP contribution is 2.27. The summed E-state index contributed by atoms with van der Waals surface area (Å²) >= 11 is 1.80. The molecule has 0 unspecified atom stereocenters. The van der Waals surface area contributed by atoms with E-state index >= 15 is 0 Å². The average molecular weight is 218 g/mol. The molecule has 0 fully saturated rings. The Balaban J connectivity index is 2.50. The molecule has 3 heteroatoms. The maximum absolute atomic E-state index is 5.52. The Morgan fingerprint density at radius 3 is 2.93 bits per heavy atom. The Hall–Kier alpha value is -1.06. The van der Waals surface area contributed by atoms with Gasteiger partial charge in [0.2, 0.25) is 0 Å². The monoisotopic (exact) mass is 218 g/mol. The second-order valence-electron chi connectivity index (χ2n) is 3.42. The minimum Gasteiger partial charge on any atom is -0.330 e. The van der Waals surface area contributed by atoms with Crippen LogP contribution in [0.3, 0.4) is 0 Å². The summed E-state index contributed by atoms with van der Waals surface area (Å²) in [5, 5.41) is 1.22. The van der Waals surface area contributed by atoms with Gasteiger partial charge in [-0.05, 0) is 19.1 Å². The Labute approximate surface area is 93.9 Å². The van der Waals surface area contributed by atoms with E-state index < -0.39 is 0 Å². The van der Waals surface area contributed by atoms with E-state index in [1.165, 1.54) is 10.3 Å². The molecule has 0 aliphatic rings. The molecule has 2 aromatic rings. The van der Waals surface area contributed by atoms with Gasteiger partial charge in [-0.25, -0.2) is 0 Å². The van der Waals surface area contributed by atoms with Crippen LogP contribution in [0, 0.1) is 6.92 Å². The summed E-state index contributed by atoms with van der Waals surface area (Å²) in [5.41, 5.74) is 7.65. The first kappa shape index (κ1) is 10.5. The van der Waals surface area contributed by atoms with Gasteiger partial charge in [0.1, 0.15) is 0 Å². The van der Waals surface area contributed by atoms with E-state index in [1.54, 1.807) is 11.8 Å². The molecule has 0 atom stereocenters. The fourth-order valence-electron chi connectivity index (χ4n) is 1.56. The summed E-state index contributed by atoms with van der Waals surface area (Å²) in [4.78, 5) is 5.78. The predicted octanol–water partition coefficient (Wildman–Crippen LogP) is 2.59. The van der Waals surface area contributed by atoms with Gasteiger partial charge in [0, 0.05) is 28.3 Å². The number of hydrogen-bond donors (Lipinski definition) is 1. The van der Waals surface area contributed by atoms with Crippen molar-refractivity contribution in [3.05, 3.63) is 36.0 Å². The van der Waals surface area contributed by atoms with E-state index in [-0.39, 0.29) is 0 Å². The number of rotatable bonds is 3. The van der Waals surface area contributed by atoms with E-state index in [2.05, 4.69) is 23.2 Å². The Morgan fingerprint density at radius 1 is 1.33 bits per heavy atom. The largest absolute Gasteiger partial charge is 0.330 e. The number of aromatic nitrogens is 1. The molecule has 1 heterocycles. The summed E-state index contributed by atoms with van der Waals surface area (Å²) in [5.74, 6) is 0.952. The molecule has 2 N–H and O–H groups in total. The lowest BCUT2D eigenvalue weighted by atomic mass is 10.2. The number of pyridine rings is 1. The zero-order chi connectivity index (χ0) is 10.7. The number of aryl methyl sites for hydroxylation is 1. The zero-order valence-corrected chi connectivity index (χ0v) is 9.55. The number of nitrogens with zero attached hydrogens (tertiary/aromatic N) is 1. The molecule has 0 radical (unpaired) electrons. The molecule has 0 bridgehead atoms. The number of nitrogens with two attached hydrogens (primary N) is 1. The molecule has 15 heavy (non-hydrogen) atoms. The van der Waals surface area contributed by atoms with E-state index in [0.717, 1.165) is 17.0 Å². The number of benzene rings is 1. The van der Waals surface area contributed by atoms with Crippen molar-refractivity contribution in [2.24, 2.45) is 5.73 Å². The molecule has 0 saturated carbocycles. The highest BCUT2D eigenvalue weighted by Gasteiger charge is 2.03. The van der Waals surface area contributed by atoms with Crippen LogP contribution in [-0.2, 0) is 0 Å². The fourth-order valence-corrected chi connectivity index (χ4v) is 2.48. The number of para-hydroxylation sites is 1. The van der Waals surface area contributed by atoms with Gasteiger partial charge in [-0.15, -0.1) is 11.8 Å². The van der Waals surface area contributed by atoms with Crippen LogP contribution in [0.2, 0.25) is 0 Å². The molecule has 78 valence electrons. The van der Waals surface area contributed by atoms with Gasteiger partial charge in [0.25, 0.3) is 0 Å². The third-order valence-electron chi connectivity index (χ3n) is 2.18. The number of thioether (sulfide) groups is 1. The normalized spacial score (nSPS) is 10.8. The van der Waals surface area contributed by atoms with E-state index in [4.69, 9.17) is 5.73 Å². The minimum atomic E-state index is 0.709. The van der Waals surface area contributed by atoms with Crippen molar-refractivity contribution in [2.45, 2.75) is 11.8 Å². The first-order valence-corrected chi connectivity index (χ1v) is 5.99. The lowest BCUT2D eigenvalue weighted by molar-refractivity contribution is 1.15. The highest BCUT2D eigenvalue weighted by molar-refractivity contribution is 7.99. The zero-order valence-electron chi connectivity index (χ0n) is 8.73. The van der Waals surface area contributed by atoms with Crippen molar-refractivity contribution in [3.63, 3.8) is 0 Å². The van der Waals surface area contributed by atoms with Gasteiger partial charge in [-0.2, -0.15) is 0 Å². The molecule has 1 aromatic carbocycles. The van der Waals surface area contributed by atoms with Crippen molar-refractivity contribution >= 4 is 22.7 Å². The van der Waals surface area contributed by atoms with Crippen LogP contribution in [0.15, 0.2) is 35.2 Å². The van der Waals surface area contributed by atoms with Gasteiger partial charge >= 0.3 is 0 Å². The van der Waals surface area contributed by atoms with Crippen LogP contribution in [0.1, 0.15) is 5.69 Å². The SMILES string of the molecule is Cc1cc(SCCN)c2ccccc2n1. The maximum atomic E-state index is 5.52. The van der Waals surface area contributed by atoms with Gasteiger partial charge in [0.15, 0.2) is 0 Å². The van der Waals surface area contributed by atoms with Crippen LogP contribution >= 0.6 is 11.8 Å². The van der Waals surface area contributed by atoms with Crippen molar-refractivity contribution in [1.29, 1.82) is 0 Å². The summed E-state index contributed by atoms with van der Waals surface area (Å²) in [7, 11) is 0. The second-order valence-corrected chi connectivity index (χ2v) is 4.55. The molecule has 0 spiro atoms. The van der Waals surface area contributed by atoms with E-state index in [1.807, 2.05) is 19.1 Å². The van der Waals surface area contributed by atoms with Gasteiger partial charge in [0.05, 0.1) is 5.52 Å². The first-order valence-electron chi connectivity index (χ1n) is 5.00. The van der Waals surface area contributed by atoms with Crippen molar-refractivity contribution < 1.29 is 0 Å². The van der Waals surface area contributed by atoms with E-state index in [0.29, 0.717) is 6.54 Å². The topological polar surface area (TPSA) is 38.9 Å². The van der Waals surface area contributed by atoms with Crippen molar-refractivity contribution in [1.82, 2.24) is 4.98 Å². The summed E-state index contributed by atoms with van der Waals surface area (Å²) < 4.78 is 0. The molecule has 2 rings (SSSR count). The number of hydrogen-bond acceptors (Lipinski definition) is 3.